The molecule has 1 heterocycles. The molecular weight excluding hydrogens is 391 g/mol. The van der Waals surface area contributed by atoms with Crippen LogP contribution in [0, 0.1) is 0 Å². The molecule has 3 aromatic rings. The minimum Gasteiger partial charge on any atom is -0.399 e. The molecule has 0 unspecified atom stereocenters. The second-order valence-electron chi connectivity index (χ2n) is 10.8. The van der Waals surface area contributed by atoms with Crippen molar-refractivity contribution >= 4 is 12.6 Å². The standard InChI is InChI=1S/C29H31BO2/c1-27(2)28(3,4)32-30(31-27)22-13-15-24-23-14-12-21(20-10-6-5-7-11-20)18-25(23)29(26(24)19-22)16-8-9-17-29/h5-7,10-15,18-19H,8-9,16-17H2,1-4H3. The maximum Gasteiger partial charge on any atom is 0.494 e. The van der Waals surface area contributed by atoms with Gasteiger partial charge in [0, 0.05) is 5.41 Å². The van der Waals surface area contributed by atoms with Gasteiger partial charge in [0.1, 0.15) is 0 Å². The van der Waals surface area contributed by atoms with E-state index in [-0.39, 0.29) is 23.7 Å². The minimum atomic E-state index is -0.324. The molecule has 32 heavy (non-hydrogen) atoms. The van der Waals surface area contributed by atoms with Crippen LogP contribution in [0.5, 0.6) is 0 Å². The molecule has 0 N–H and O–H groups in total. The van der Waals surface area contributed by atoms with Crippen LogP contribution in [0.4, 0.5) is 0 Å². The number of rotatable bonds is 2. The first-order valence-corrected chi connectivity index (χ1v) is 12.0. The van der Waals surface area contributed by atoms with Crippen LogP contribution in [0.25, 0.3) is 22.3 Å². The Morgan fingerprint density at radius 1 is 0.656 bits per heavy atom. The Bertz CT molecular complexity index is 1170. The maximum atomic E-state index is 6.39. The Labute approximate surface area is 192 Å². The van der Waals surface area contributed by atoms with E-state index in [0.29, 0.717) is 0 Å². The average molecular weight is 422 g/mol. The van der Waals surface area contributed by atoms with Crippen LogP contribution < -0.4 is 5.46 Å². The first kappa shape index (κ1) is 20.3. The number of benzene rings is 3. The lowest BCUT2D eigenvalue weighted by Gasteiger charge is -2.32. The van der Waals surface area contributed by atoms with E-state index in [1.165, 1.54) is 59.1 Å². The molecule has 0 bridgehead atoms. The van der Waals surface area contributed by atoms with Crippen molar-refractivity contribution in [2.45, 2.75) is 70.0 Å². The molecular formula is C29H31BO2. The Kier molecular flexibility index (Phi) is 4.32. The predicted octanol–water partition coefficient (Wildman–Crippen LogP) is 6.49. The molecule has 3 heteroatoms. The lowest BCUT2D eigenvalue weighted by molar-refractivity contribution is 0.00578. The SMILES string of the molecule is CC1(C)OB(c2ccc3c(c2)C2(CCCC2)c2cc(-c4ccccc4)ccc2-3)OC1(C)C. The third kappa shape index (κ3) is 2.81. The molecule has 3 aromatic carbocycles. The van der Waals surface area contributed by atoms with Gasteiger partial charge in [0.15, 0.2) is 0 Å². The van der Waals surface area contributed by atoms with Crippen molar-refractivity contribution in [3.05, 3.63) is 77.9 Å². The number of hydrogen-bond donors (Lipinski definition) is 0. The largest absolute Gasteiger partial charge is 0.494 e. The highest BCUT2D eigenvalue weighted by Crippen LogP contribution is 2.57. The van der Waals surface area contributed by atoms with Gasteiger partial charge in [0.2, 0.25) is 0 Å². The Morgan fingerprint density at radius 2 is 1.25 bits per heavy atom. The van der Waals surface area contributed by atoms with Crippen molar-refractivity contribution < 1.29 is 9.31 Å². The summed E-state index contributed by atoms with van der Waals surface area (Å²) in [5.74, 6) is 0. The van der Waals surface area contributed by atoms with Crippen LogP contribution in [0.1, 0.15) is 64.5 Å². The fraction of sp³-hybridized carbons (Fsp3) is 0.379. The molecule has 2 aliphatic carbocycles. The normalized spacial score (nSPS) is 21.7. The van der Waals surface area contributed by atoms with Gasteiger partial charge in [-0.3, -0.25) is 0 Å². The van der Waals surface area contributed by atoms with Crippen molar-refractivity contribution in [2.24, 2.45) is 0 Å². The molecule has 1 saturated carbocycles. The smallest absolute Gasteiger partial charge is 0.399 e. The van der Waals surface area contributed by atoms with E-state index < -0.39 is 0 Å². The number of hydrogen-bond acceptors (Lipinski definition) is 2. The summed E-state index contributed by atoms with van der Waals surface area (Å²) in [7, 11) is -0.313. The molecule has 162 valence electrons. The molecule has 2 fully saturated rings. The first-order chi connectivity index (χ1) is 15.3. The van der Waals surface area contributed by atoms with Crippen molar-refractivity contribution in [2.75, 3.05) is 0 Å². The van der Waals surface area contributed by atoms with Crippen molar-refractivity contribution in [1.29, 1.82) is 0 Å². The third-order valence-electron chi connectivity index (χ3n) is 8.47. The predicted molar refractivity (Wildman–Crippen MR) is 132 cm³/mol. The fourth-order valence-electron chi connectivity index (χ4n) is 5.97. The molecule has 0 atom stereocenters. The molecule has 2 nitrogen and oxygen atoms in total. The van der Waals surface area contributed by atoms with Gasteiger partial charge in [0.05, 0.1) is 11.2 Å². The van der Waals surface area contributed by atoms with Crippen molar-refractivity contribution in [1.82, 2.24) is 0 Å². The van der Waals surface area contributed by atoms with Crippen LogP contribution >= 0.6 is 0 Å². The molecule has 1 spiro atoms. The summed E-state index contributed by atoms with van der Waals surface area (Å²) in [4.78, 5) is 0. The fourth-order valence-corrected chi connectivity index (χ4v) is 5.97. The van der Waals surface area contributed by atoms with Crippen LogP contribution in [-0.2, 0) is 14.7 Å². The van der Waals surface area contributed by atoms with Gasteiger partial charge in [-0.15, -0.1) is 0 Å². The van der Waals surface area contributed by atoms with Crippen molar-refractivity contribution in [3.63, 3.8) is 0 Å². The van der Waals surface area contributed by atoms with Crippen LogP contribution in [0.2, 0.25) is 0 Å². The van der Waals surface area contributed by atoms with Gasteiger partial charge in [-0.05, 0) is 85.4 Å². The van der Waals surface area contributed by atoms with Gasteiger partial charge in [-0.25, -0.2) is 0 Å². The summed E-state index contributed by atoms with van der Waals surface area (Å²) in [6.07, 6.45) is 5.01. The summed E-state index contributed by atoms with van der Waals surface area (Å²) in [6, 6.07) is 24.8. The molecule has 3 aliphatic rings. The summed E-state index contributed by atoms with van der Waals surface area (Å²) < 4.78 is 12.8. The summed E-state index contributed by atoms with van der Waals surface area (Å²) in [5, 5.41) is 0. The van der Waals surface area contributed by atoms with Crippen LogP contribution in [0.3, 0.4) is 0 Å². The summed E-state index contributed by atoms with van der Waals surface area (Å²) in [5.41, 5.74) is 9.00. The first-order valence-electron chi connectivity index (χ1n) is 12.0. The highest BCUT2D eigenvalue weighted by atomic mass is 16.7. The Balaban J connectivity index is 1.46. The van der Waals surface area contributed by atoms with Crippen LogP contribution in [-0.4, -0.2) is 18.3 Å². The van der Waals surface area contributed by atoms with E-state index in [1.807, 2.05) is 0 Å². The van der Waals surface area contributed by atoms with Gasteiger partial charge < -0.3 is 9.31 Å². The molecule has 1 saturated heterocycles. The highest BCUT2D eigenvalue weighted by Gasteiger charge is 2.52. The second kappa shape index (κ2) is 6.82. The Hall–Kier alpha value is -2.36. The Morgan fingerprint density at radius 3 is 1.91 bits per heavy atom. The lowest BCUT2D eigenvalue weighted by Crippen LogP contribution is -2.41. The quantitative estimate of drug-likeness (QED) is 0.440. The maximum absolute atomic E-state index is 6.39. The molecule has 0 radical (unpaired) electrons. The van der Waals surface area contributed by atoms with Crippen molar-refractivity contribution in [3.8, 4) is 22.3 Å². The zero-order chi connectivity index (χ0) is 22.1. The van der Waals surface area contributed by atoms with Crippen LogP contribution in [0.15, 0.2) is 66.7 Å². The molecule has 1 aliphatic heterocycles. The van der Waals surface area contributed by atoms with E-state index in [0.717, 1.165) is 5.46 Å². The second-order valence-corrected chi connectivity index (χ2v) is 10.8. The van der Waals surface area contributed by atoms with Gasteiger partial charge in [-0.1, -0.05) is 73.5 Å². The molecule has 6 rings (SSSR count). The minimum absolute atomic E-state index is 0.120. The lowest BCUT2D eigenvalue weighted by atomic mass is 9.72. The van der Waals surface area contributed by atoms with E-state index >= 15 is 0 Å². The van der Waals surface area contributed by atoms with E-state index in [4.69, 9.17) is 9.31 Å². The number of fused-ring (bicyclic) bond motifs is 5. The molecule has 0 amide bonds. The summed E-state index contributed by atoms with van der Waals surface area (Å²) in [6.45, 7) is 8.50. The molecule has 0 aromatic heterocycles. The highest BCUT2D eigenvalue weighted by molar-refractivity contribution is 6.62. The van der Waals surface area contributed by atoms with E-state index in [2.05, 4.69) is 94.4 Å². The third-order valence-corrected chi connectivity index (χ3v) is 8.47. The van der Waals surface area contributed by atoms with Gasteiger partial charge in [0.25, 0.3) is 0 Å². The summed E-state index contributed by atoms with van der Waals surface area (Å²) >= 11 is 0. The van der Waals surface area contributed by atoms with E-state index in [1.54, 1.807) is 0 Å². The topological polar surface area (TPSA) is 18.5 Å². The van der Waals surface area contributed by atoms with Gasteiger partial charge >= 0.3 is 7.12 Å². The zero-order valence-corrected chi connectivity index (χ0v) is 19.6. The van der Waals surface area contributed by atoms with Gasteiger partial charge in [-0.2, -0.15) is 0 Å². The van der Waals surface area contributed by atoms with E-state index in [9.17, 15) is 0 Å². The zero-order valence-electron chi connectivity index (χ0n) is 19.6. The monoisotopic (exact) mass is 422 g/mol. The average Bonchev–Trinajstić information content (AvgIpc) is 3.44.